The second kappa shape index (κ2) is 49.4. The molecule has 0 aliphatic carbocycles. The molecule has 0 heterocycles. The van der Waals surface area contributed by atoms with Crippen LogP contribution in [-0.2, 0) is 33.3 Å². The fourth-order valence-electron chi connectivity index (χ4n) is 7.57. The van der Waals surface area contributed by atoms with E-state index in [-0.39, 0.29) is 32.2 Å². The molecule has 0 aliphatic heterocycles. The Kier molecular flexibility index (Phi) is 47.2. The second-order valence-electron chi connectivity index (χ2n) is 19.5. The van der Waals surface area contributed by atoms with Gasteiger partial charge in [0.05, 0.1) is 34.4 Å². The molecule has 0 rings (SSSR count). The zero-order valence-corrected chi connectivity index (χ0v) is 44.1. The van der Waals surface area contributed by atoms with Gasteiger partial charge >= 0.3 is 17.9 Å². The van der Waals surface area contributed by atoms with Crippen LogP contribution < -0.4 is 0 Å². The summed E-state index contributed by atoms with van der Waals surface area (Å²) in [5.41, 5.74) is 0. The number of quaternary nitrogens is 1. The lowest BCUT2D eigenvalue weighted by Crippen LogP contribution is -2.40. The Labute approximate surface area is 412 Å². The van der Waals surface area contributed by atoms with Gasteiger partial charge in [-0.15, -0.1) is 0 Å². The van der Waals surface area contributed by atoms with Crippen molar-refractivity contribution in [1.29, 1.82) is 0 Å². The Morgan fingerprint density at radius 1 is 0.463 bits per heavy atom. The summed E-state index contributed by atoms with van der Waals surface area (Å²) in [6, 6.07) is 0. The molecule has 9 nitrogen and oxygen atoms in total. The number of hydrogen-bond acceptors (Lipinski definition) is 7. The number of hydrogen-bond donors (Lipinski definition) is 1. The third-order valence-electron chi connectivity index (χ3n) is 11.8. The van der Waals surface area contributed by atoms with Gasteiger partial charge in [0.1, 0.15) is 13.2 Å². The van der Waals surface area contributed by atoms with Crippen molar-refractivity contribution >= 4 is 17.9 Å². The van der Waals surface area contributed by atoms with E-state index >= 15 is 0 Å². The molecule has 0 fully saturated rings. The van der Waals surface area contributed by atoms with Crippen LogP contribution in [0.25, 0.3) is 0 Å². The van der Waals surface area contributed by atoms with Crippen LogP contribution in [0.15, 0.2) is 60.8 Å². The largest absolute Gasteiger partial charge is 0.477 e. The summed E-state index contributed by atoms with van der Waals surface area (Å²) in [4.78, 5) is 37.2. The van der Waals surface area contributed by atoms with Gasteiger partial charge in [-0.3, -0.25) is 9.59 Å². The van der Waals surface area contributed by atoms with Gasteiger partial charge in [0.15, 0.2) is 6.10 Å². The summed E-state index contributed by atoms with van der Waals surface area (Å²) in [7, 11) is 5.96. The monoisotopic (exact) mass is 943 g/mol. The van der Waals surface area contributed by atoms with E-state index in [9.17, 15) is 19.5 Å². The van der Waals surface area contributed by atoms with Gasteiger partial charge in [-0.2, -0.15) is 0 Å². The quantitative estimate of drug-likeness (QED) is 0.0211. The normalized spacial score (nSPS) is 13.3. The topological polar surface area (TPSA) is 108 Å². The average Bonchev–Trinajstić information content (AvgIpc) is 3.29. The second-order valence-corrected chi connectivity index (χ2v) is 19.5. The van der Waals surface area contributed by atoms with Crippen molar-refractivity contribution in [3.8, 4) is 0 Å². The summed E-state index contributed by atoms with van der Waals surface area (Å²) in [5, 5.41) is 9.67. The number of nitrogens with zero attached hydrogens (tertiary/aromatic N) is 1. The summed E-state index contributed by atoms with van der Waals surface area (Å²) < 4.78 is 22.8. The van der Waals surface area contributed by atoms with Crippen LogP contribution in [-0.4, -0.2) is 87.4 Å². The number of carbonyl (C=O) groups is 3. The SMILES string of the molecule is CC/C=C\C/C=C\C/C=C\C/C=C\C/C=C\CCCCCCCCCCCCCCCCCC(=O)OC(COC(=O)CCCCCCCCCCCCC)COC(OCC[N+](C)(C)C)C(=O)O. The summed E-state index contributed by atoms with van der Waals surface area (Å²) in [5.74, 6) is -2.00. The number of unbranched alkanes of at least 4 members (excludes halogenated alkanes) is 25. The van der Waals surface area contributed by atoms with Gasteiger partial charge in [0.25, 0.3) is 6.29 Å². The third-order valence-corrected chi connectivity index (χ3v) is 11.8. The zero-order chi connectivity index (χ0) is 49.2. The first-order valence-electron chi connectivity index (χ1n) is 27.5. The molecule has 0 amide bonds. The standard InChI is InChI=1S/C58H103NO8/c1-6-8-10-12-14-16-18-19-20-21-22-23-24-25-26-27-28-29-30-31-32-33-34-35-36-37-39-41-43-45-47-49-56(61)67-54(53-66-58(57(62)63)64-51-50-59(3,4)5)52-65-55(60)48-46-44-42-40-38-17-15-13-11-9-7-2/h8,10,14,16,19-20,22-23,25-26,54,58H,6-7,9,11-13,15,17-18,21,24,27-53H2,1-5H3/p+1/b10-8-,16-14-,20-19-,23-22-,26-25-. The van der Waals surface area contributed by atoms with Crippen LogP contribution in [0.2, 0.25) is 0 Å². The van der Waals surface area contributed by atoms with Gasteiger partial charge in [-0.1, -0.05) is 222 Å². The molecule has 9 heteroatoms. The molecule has 0 radical (unpaired) electrons. The highest BCUT2D eigenvalue weighted by atomic mass is 16.7. The minimum Gasteiger partial charge on any atom is -0.477 e. The maximum Gasteiger partial charge on any atom is 0.361 e. The Bertz CT molecular complexity index is 1280. The molecule has 67 heavy (non-hydrogen) atoms. The number of rotatable bonds is 50. The van der Waals surface area contributed by atoms with Crippen molar-refractivity contribution in [1.82, 2.24) is 0 Å². The number of aliphatic carboxylic acids is 1. The molecule has 0 aliphatic rings. The Hall–Kier alpha value is -3.01. The van der Waals surface area contributed by atoms with Crippen molar-refractivity contribution in [2.24, 2.45) is 0 Å². The first-order valence-corrected chi connectivity index (χ1v) is 27.5. The number of allylic oxidation sites excluding steroid dienone is 10. The maximum absolute atomic E-state index is 12.8. The zero-order valence-electron chi connectivity index (χ0n) is 44.1. The molecule has 0 saturated carbocycles. The predicted octanol–water partition coefficient (Wildman–Crippen LogP) is 15.7. The Balaban J connectivity index is 4.12. The lowest BCUT2D eigenvalue weighted by molar-refractivity contribution is -0.870. The number of carbonyl (C=O) groups excluding carboxylic acids is 2. The van der Waals surface area contributed by atoms with E-state index in [1.165, 1.54) is 135 Å². The number of esters is 2. The highest BCUT2D eigenvalue weighted by Gasteiger charge is 2.25. The van der Waals surface area contributed by atoms with E-state index in [0.717, 1.165) is 70.6 Å². The molecule has 0 aromatic rings. The molecule has 388 valence electrons. The first-order chi connectivity index (χ1) is 32.6. The van der Waals surface area contributed by atoms with Gasteiger partial charge in [-0.25, -0.2) is 4.79 Å². The smallest absolute Gasteiger partial charge is 0.361 e. The Morgan fingerprint density at radius 3 is 1.27 bits per heavy atom. The van der Waals surface area contributed by atoms with Crippen molar-refractivity contribution in [3.05, 3.63) is 60.8 Å². The molecule has 0 spiro atoms. The van der Waals surface area contributed by atoms with E-state index in [2.05, 4.69) is 74.6 Å². The van der Waals surface area contributed by atoms with E-state index in [0.29, 0.717) is 17.4 Å². The van der Waals surface area contributed by atoms with Crippen LogP contribution in [0.5, 0.6) is 0 Å². The molecule has 0 aromatic carbocycles. The summed E-state index contributed by atoms with van der Waals surface area (Å²) in [6.07, 6.45) is 58.7. The first kappa shape index (κ1) is 64.0. The van der Waals surface area contributed by atoms with Crippen LogP contribution >= 0.6 is 0 Å². The Morgan fingerprint density at radius 2 is 0.851 bits per heavy atom. The molecule has 2 unspecified atom stereocenters. The summed E-state index contributed by atoms with van der Waals surface area (Å²) in [6.45, 7) is 4.76. The average molecular weight is 943 g/mol. The van der Waals surface area contributed by atoms with Crippen LogP contribution in [0.1, 0.15) is 232 Å². The lowest BCUT2D eigenvalue weighted by atomic mass is 10.0. The van der Waals surface area contributed by atoms with E-state index < -0.39 is 24.3 Å². The fraction of sp³-hybridized carbons (Fsp3) is 0.776. The fourth-order valence-corrected chi connectivity index (χ4v) is 7.57. The van der Waals surface area contributed by atoms with Crippen LogP contribution in [0.4, 0.5) is 0 Å². The number of ether oxygens (including phenoxy) is 4. The van der Waals surface area contributed by atoms with Gasteiger partial charge in [-0.05, 0) is 57.8 Å². The number of carboxylic acids is 1. The molecule has 1 N–H and O–H groups in total. The number of likely N-dealkylation sites (N-methyl/N-ethyl adjacent to an activating group) is 1. The van der Waals surface area contributed by atoms with Gasteiger partial charge < -0.3 is 28.5 Å². The van der Waals surface area contributed by atoms with Crippen molar-refractivity contribution < 1.29 is 42.9 Å². The lowest BCUT2D eigenvalue weighted by Gasteiger charge is -2.25. The highest BCUT2D eigenvalue weighted by Crippen LogP contribution is 2.16. The molecular formula is C58H104NO8+. The van der Waals surface area contributed by atoms with Gasteiger partial charge in [0.2, 0.25) is 0 Å². The highest BCUT2D eigenvalue weighted by molar-refractivity contribution is 5.71. The molecular weight excluding hydrogens is 839 g/mol. The van der Waals surface area contributed by atoms with E-state index in [1.807, 2.05) is 21.1 Å². The van der Waals surface area contributed by atoms with Crippen LogP contribution in [0.3, 0.4) is 0 Å². The van der Waals surface area contributed by atoms with Crippen molar-refractivity contribution in [2.45, 2.75) is 245 Å². The van der Waals surface area contributed by atoms with Crippen molar-refractivity contribution in [3.63, 3.8) is 0 Å². The molecule has 0 aromatic heterocycles. The summed E-state index contributed by atoms with van der Waals surface area (Å²) >= 11 is 0. The minimum atomic E-state index is -1.51. The molecule has 2 atom stereocenters. The maximum atomic E-state index is 12.8. The van der Waals surface area contributed by atoms with E-state index in [4.69, 9.17) is 18.9 Å². The van der Waals surface area contributed by atoms with Crippen molar-refractivity contribution in [2.75, 3.05) is 47.5 Å². The third kappa shape index (κ3) is 50.7. The van der Waals surface area contributed by atoms with Crippen LogP contribution in [0, 0.1) is 0 Å². The predicted molar refractivity (Wildman–Crippen MR) is 281 cm³/mol. The van der Waals surface area contributed by atoms with Gasteiger partial charge in [0, 0.05) is 12.8 Å². The molecule has 0 saturated heterocycles. The minimum absolute atomic E-state index is 0.180. The molecule has 0 bridgehead atoms. The number of carboxylic acid groups (broad SMARTS) is 1. The van der Waals surface area contributed by atoms with E-state index in [1.54, 1.807) is 0 Å².